The summed E-state index contributed by atoms with van der Waals surface area (Å²) in [5, 5.41) is 16.0. The summed E-state index contributed by atoms with van der Waals surface area (Å²) in [5.74, 6) is -1.81. The number of pyridine rings is 1. The maximum Gasteiger partial charge on any atom is 0.339 e. The van der Waals surface area contributed by atoms with Crippen molar-refractivity contribution in [2.45, 2.75) is 13.5 Å². The topological polar surface area (TPSA) is 159 Å². The molecule has 1 heterocycles. The molecular formula is C19H20N4O8. The number of hydrogen-bond donors (Lipinski definition) is 2. The Labute approximate surface area is 175 Å². The molecule has 1 aromatic carbocycles. The average Bonchev–Trinajstić information content (AvgIpc) is 2.73. The summed E-state index contributed by atoms with van der Waals surface area (Å²) in [6.07, 6.45) is 0.971. The normalized spacial score (nSPS) is 10.2. The first-order valence-corrected chi connectivity index (χ1v) is 8.84. The fourth-order valence-corrected chi connectivity index (χ4v) is 2.60. The molecule has 0 atom stereocenters. The first-order chi connectivity index (χ1) is 14.7. The second kappa shape index (κ2) is 10.0. The molecule has 0 saturated carbocycles. The fraction of sp³-hybridized carbons (Fsp3) is 0.263. The van der Waals surface area contributed by atoms with Crippen LogP contribution in [-0.2, 0) is 20.9 Å². The van der Waals surface area contributed by atoms with Crippen molar-refractivity contribution < 1.29 is 28.8 Å². The number of aryl methyl sites for hydroxylation is 1. The van der Waals surface area contributed by atoms with Crippen LogP contribution in [0.5, 0.6) is 5.75 Å². The Morgan fingerprint density at radius 1 is 1.16 bits per heavy atom. The Hall–Kier alpha value is -4.22. The predicted octanol–water partition coefficient (Wildman–Crippen LogP) is 0.615. The van der Waals surface area contributed by atoms with Crippen LogP contribution in [0.2, 0.25) is 0 Å². The van der Waals surface area contributed by atoms with Gasteiger partial charge in [-0.3, -0.25) is 29.1 Å². The van der Waals surface area contributed by atoms with Crippen molar-refractivity contribution in [3.05, 3.63) is 62.1 Å². The molecule has 0 bridgehead atoms. The Kier molecular flexibility index (Phi) is 7.44. The van der Waals surface area contributed by atoms with Crippen LogP contribution in [0.1, 0.15) is 15.9 Å². The number of carbonyl (C=O) groups excluding carboxylic acids is 3. The molecule has 2 rings (SSSR count). The van der Waals surface area contributed by atoms with Gasteiger partial charge in [-0.2, -0.15) is 0 Å². The first-order valence-electron chi connectivity index (χ1n) is 8.84. The van der Waals surface area contributed by atoms with Gasteiger partial charge in [0.2, 0.25) is 11.8 Å². The molecule has 2 aromatic rings. The zero-order chi connectivity index (χ0) is 23.1. The lowest BCUT2D eigenvalue weighted by atomic mass is 10.2. The molecule has 164 valence electrons. The van der Waals surface area contributed by atoms with Gasteiger partial charge >= 0.3 is 17.2 Å². The Bertz CT molecular complexity index is 1090. The van der Waals surface area contributed by atoms with Gasteiger partial charge in [-0.05, 0) is 24.6 Å². The van der Waals surface area contributed by atoms with Crippen molar-refractivity contribution in [2.75, 3.05) is 26.1 Å². The SMILES string of the molecule is COC(=O)c1cc([N+](=O)[O-])c(=O)n(CC(=O)NCC(=O)Nc2cc(C)ccc2OC)c1. The molecule has 2 N–H and O–H groups in total. The van der Waals surface area contributed by atoms with Gasteiger partial charge in [0.1, 0.15) is 12.3 Å². The maximum absolute atomic E-state index is 12.2. The van der Waals surface area contributed by atoms with E-state index in [9.17, 15) is 29.3 Å². The summed E-state index contributed by atoms with van der Waals surface area (Å²) >= 11 is 0. The van der Waals surface area contributed by atoms with Crippen LogP contribution in [0.4, 0.5) is 11.4 Å². The minimum atomic E-state index is -1.08. The number of ether oxygens (including phenoxy) is 2. The van der Waals surface area contributed by atoms with E-state index >= 15 is 0 Å². The molecule has 0 spiro atoms. The van der Waals surface area contributed by atoms with E-state index in [1.807, 2.05) is 6.92 Å². The molecule has 0 fully saturated rings. The van der Waals surface area contributed by atoms with E-state index in [-0.39, 0.29) is 5.56 Å². The first kappa shape index (κ1) is 23.1. The van der Waals surface area contributed by atoms with Crippen molar-refractivity contribution in [3.8, 4) is 5.75 Å². The number of nitro groups is 1. The molecule has 0 aliphatic carbocycles. The number of methoxy groups -OCH3 is 2. The number of hydrogen-bond acceptors (Lipinski definition) is 8. The highest BCUT2D eigenvalue weighted by Crippen LogP contribution is 2.24. The number of anilines is 1. The zero-order valence-electron chi connectivity index (χ0n) is 17.0. The van der Waals surface area contributed by atoms with E-state index in [0.717, 1.165) is 24.9 Å². The van der Waals surface area contributed by atoms with Crippen molar-refractivity contribution in [1.82, 2.24) is 9.88 Å². The van der Waals surface area contributed by atoms with Gasteiger partial charge in [0.05, 0.1) is 36.9 Å². The molecule has 12 nitrogen and oxygen atoms in total. The molecule has 0 aliphatic heterocycles. The van der Waals surface area contributed by atoms with E-state index in [1.165, 1.54) is 7.11 Å². The number of esters is 1. The molecule has 0 radical (unpaired) electrons. The number of benzene rings is 1. The minimum Gasteiger partial charge on any atom is -0.495 e. The lowest BCUT2D eigenvalue weighted by Gasteiger charge is -2.12. The predicted molar refractivity (Wildman–Crippen MR) is 108 cm³/mol. The Morgan fingerprint density at radius 2 is 1.87 bits per heavy atom. The smallest absolute Gasteiger partial charge is 0.339 e. The van der Waals surface area contributed by atoms with E-state index < -0.39 is 47.0 Å². The largest absolute Gasteiger partial charge is 0.495 e. The van der Waals surface area contributed by atoms with Crippen molar-refractivity contribution in [3.63, 3.8) is 0 Å². The highest BCUT2D eigenvalue weighted by molar-refractivity contribution is 5.95. The van der Waals surface area contributed by atoms with Gasteiger partial charge < -0.3 is 20.1 Å². The monoisotopic (exact) mass is 432 g/mol. The summed E-state index contributed by atoms with van der Waals surface area (Å²) in [6.45, 7) is 0.755. The molecule has 31 heavy (non-hydrogen) atoms. The average molecular weight is 432 g/mol. The summed E-state index contributed by atoms with van der Waals surface area (Å²) in [4.78, 5) is 58.3. The van der Waals surface area contributed by atoms with E-state index in [2.05, 4.69) is 15.4 Å². The second-order valence-corrected chi connectivity index (χ2v) is 6.32. The van der Waals surface area contributed by atoms with Gasteiger partial charge in [-0.15, -0.1) is 0 Å². The van der Waals surface area contributed by atoms with Crippen molar-refractivity contribution >= 4 is 29.2 Å². The lowest BCUT2D eigenvalue weighted by molar-refractivity contribution is -0.386. The lowest BCUT2D eigenvalue weighted by Crippen LogP contribution is -2.37. The molecule has 0 aliphatic rings. The highest BCUT2D eigenvalue weighted by atomic mass is 16.6. The number of rotatable bonds is 8. The van der Waals surface area contributed by atoms with Crippen LogP contribution in [0.25, 0.3) is 0 Å². The van der Waals surface area contributed by atoms with E-state index in [4.69, 9.17) is 4.74 Å². The second-order valence-electron chi connectivity index (χ2n) is 6.32. The maximum atomic E-state index is 12.2. The van der Waals surface area contributed by atoms with E-state index in [0.29, 0.717) is 16.0 Å². The van der Waals surface area contributed by atoms with Crippen LogP contribution in [-0.4, -0.2) is 48.0 Å². The quantitative estimate of drug-likeness (QED) is 0.349. The zero-order valence-corrected chi connectivity index (χ0v) is 17.0. The Morgan fingerprint density at radius 3 is 2.48 bits per heavy atom. The van der Waals surface area contributed by atoms with Crippen LogP contribution < -0.4 is 20.9 Å². The number of aromatic nitrogens is 1. The summed E-state index contributed by atoms with van der Waals surface area (Å²) in [5.41, 5.74) is -0.946. The van der Waals surface area contributed by atoms with Crippen LogP contribution >= 0.6 is 0 Å². The van der Waals surface area contributed by atoms with Crippen molar-refractivity contribution in [1.29, 1.82) is 0 Å². The van der Waals surface area contributed by atoms with Gasteiger partial charge in [-0.25, -0.2) is 4.79 Å². The standard InChI is InChI=1S/C19H20N4O8/c1-11-4-5-15(30-2)13(6-11)21-16(24)8-20-17(25)10-22-9-12(19(27)31-3)7-14(18(22)26)23(28)29/h4-7,9H,8,10H2,1-3H3,(H,20,25)(H,21,24). The summed E-state index contributed by atoms with van der Waals surface area (Å²) in [7, 11) is 2.51. The third kappa shape index (κ3) is 5.88. The molecule has 1 aromatic heterocycles. The van der Waals surface area contributed by atoms with Crippen molar-refractivity contribution in [2.24, 2.45) is 0 Å². The summed E-state index contributed by atoms with van der Waals surface area (Å²) < 4.78 is 10.3. The third-order valence-electron chi connectivity index (χ3n) is 4.07. The van der Waals surface area contributed by atoms with Crippen LogP contribution in [0, 0.1) is 17.0 Å². The third-order valence-corrected chi connectivity index (χ3v) is 4.07. The van der Waals surface area contributed by atoms with E-state index in [1.54, 1.807) is 18.2 Å². The molecular weight excluding hydrogens is 412 g/mol. The summed E-state index contributed by atoms with van der Waals surface area (Å²) in [6, 6.07) is 5.94. The Balaban J connectivity index is 2.09. The molecule has 0 unspecified atom stereocenters. The van der Waals surface area contributed by atoms with Gasteiger partial charge in [0.15, 0.2) is 0 Å². The fourth-order valence-electron chi connectivity index (χ4n) is 2.60. The highest BCUT2D eigenvalue weighted by Gasteiger charge is 2.21. The number of nitrogens with one attached hydrogen (secondary N) is 2. The molecule has 2 amide bonds. The van der Waals surface area contributed by atoms with Gasteiger partial charge in [-0.1, -0.05) is 6.07 Å². The number of amides is 2. The van der Waals surface area contributed by atoms with Gasteiger partial charge in [0, 0.05) is 12.3 Å². The van der Waals surface area contributed by atoms with Crippen LogP contribution in [0.3, 0.4) is 0 Å². The molecule has 0 saturated heterocycles. The minimum absolute atomic E-state index is 0.272. The number of nitrogens with zero attached hydrogens (tertiary/aromatic N) is 2. The molecule has 12 heteroatoms. The number of carbonyl (C=O) groups is 3. The van der Waals surface area contributed by atoms with Crippen LogP contribution in [0.15, 0.2) is 35.3 Å². The van der Waals surface area contributed by atoms with Gasteiger partial charge in [0.25, 0.3) is 0 Å².